The van der Waals surface area contributed by atoms with Gasteiger partial charge in [-0.15, -0.1) is 0 Å². The highest BCUT2D eigenvalue weighted by Crippen LogP contribution is 2.16. The summed E-state index contributed by atoms with van der Waals surface area (Å²) in [7, 11) is -3.75. The summed E-state index contributed by atoms with van der Waals surface area (Å²) >= 11 is 3.25. The van der Waals surface area contributed by atoms with Gasteiger partial charge >= 0.3 is 0 Å². The fourth-order valence-electron chi connectivity index (χ4n) is 1.65. The molecule has 0 saturated heterocycles. The number of hydrogen-bond acceptors (Lipinski definition) is 4. The van der Waals surface area contributed by atoms with Gasteiger partial charge in [0.2, 0.25) is 15.9 Å². The molecular weight excluding hydrogens is 358 g/mol. The predicted octanol–water partition coefficient (Wildman–Crippen LogP) is 0.827. The summed E-state index contributed by atoms with van der Waals surface area (Å²) in [5.41, 5.74) is 5.33. The van der Waals surface area contributed by atoms with Crippen molar-refractivity contribution in [2.45, 2.75) is 24.8 Å². The molecule has 0 aromatic heterocycles. The Morgan fingerprint density at radius 2 is 1.86 bits per heavy atom. The molecule has 0 fully saturated rings. The van der Waals surface area contributed by atoms with Crippen LogP contribution in [-0.2, 0) is 14.8 Å². The second-order valence-corrected chi connectivity index (χ2v) is 7.51. The summed E-state index contributed by atoms with van der Waals surface area (Å²) in [6.07, 6.45) is 0. The molecule has 8 heteroatoms. The molecule has 0 radical (unpaired) electrons. The average Bonchev–Trinajstić information content (AvgIpc) is 2.42. The van der Waals surface area contributed by atoms with Gasteiger partial charge in [0, 0.05) is 17.6 Å². The molecule has 0 spiro atoms. The van der Waals surface area contributed by atoms with Crippen molar-refractivity contribution in [3.8, 4) is 0 Å². The maximum atomic E-state index is 12.3. The van der Waals surface area contributed by atoms with E-state index in [2.05, 4.69) is 26.0 Å². The molecule has 1 amide bonds. The Labute approximate surface area is 133 Å². The van der Waals surface area contributed by atoms with Crippen molar-refractivity contribution in [1.82, 2.24) is 10.0 Å². The van der Waals surface area contributed by atoms with Crippen molar-refractivity contribution in [1.29, 1.82) is 0 Å². The van der Waals surface area contributed by atoms with Crippen LogP contribution in [0.4, 0.5) is 0 Å². The molecular formula is C13H20BrN3O3S. The summed E-state index contributed by atoms with van der Waals surface area (Å²) in [5.74, 6) is -0.566. The Bertz CT molecular complexity index is 573. The molecule has 1 aromatic rings. The summed E-state index contributed by atoms with van der Waals surface area (Å²) in [5, 5.41) is 2.60. The number of nitrogens with one attached hydrogen (secondary N) is 2. The Kier molecular flexibility index (Phi) is 6.79. The van der Waals surface area contributed by atoms with Gasteiger partial charge in [-0.05, 0) is 30.2 Å². The van der Waals surface area contributed by atoms with Crippen molar-refractivity contribution in [3.05, 3.63) is 28.7 Å². The zero-order valence-electron chi connectivity index (χ0n) is 12.0. The van der Waals surface area contributed by atoms with E-state index in [1.807, 2.05) is 0 Å². The monoisotopic (exact) mass is 377 g/mol. The quantitative estimate of drug-likeness (QED) is 0.654. The lowest BCUT2D eigenvalue weighted by Crippen LogP contribution is -2.50. The standard InChI is InChI=1S/C13H20BrN3O3S/c1-9(2)12(13(18)16-8-7-15)17-21(19,20)11-5-3-10(14)4-6-11/h3-6,9,12,17H,7-8,15H2,1-2H3,(H,16,18). The van der Waals surface area contributed by atoms with Crippen LogP contribution in [0, 0.1) is 5.92 Å². The lowest BCUT2D eigenvalue weighted by molar-refractivity contribution is -0.123. The van der Waals surface area contributed by atoms with E-state index in [1.54, 1.807) is 26.0 Å². The van der Waals surface area contributed by atoms with Crippen LogP contribution in [0.3, 0.4) is 0 Å². The molecule has 1 unspecified atom stereocenters. The van der Waals surface area contributed by atoms with E-state index in [0.717, 1.165) is 4.47 Å². The van der Waals surface area contributed by atoms with Crippen molar-refractivity contribution in [2.75, 3.05) is 13.1 Å². The van der Waals surface area contributed by atoms with Crippen LogP contribution in [0.1, 0.15) is 13.8 Å². The van der Waals surface area contributed by atoms with Gasteiger partial charge in [-0.25, -0.2) is 8.42 Å². The number of rotatable bonds is 7. The summed E-state index contributed by atoms with van der Waals surface area (Å²) in [4.78, 5) is 12.1. The molecule has 1 rings (SSSR count). The third kappa shape index (κ3) is 5.39. The molecule has 1 aromatic carbocycles. The van der Waals surface area contributed by atoms with Gasteiger partial charge in [0.05, 0.1) is 4.90 Å². The van der Waals surface area contributed by atoms with Crippen molar-refractivity contribution in [3.63, 3.8) is 0 Å². The van der Waals surface area contributed by atoms with E-state index in [9.17, 15) is 13.2 Å². The topological polar surface area (TPSA) is 101 Å². The maximum Gasteiger partial charge on any atom is 0.241 e. The van der Waals surface area contributed by atoms with E-state index in [0.29, 0.717) is 13.1 Å². The van der Waals surface area contributed by atoms with Crippen molar-refractivity contribution < 1.29 is 13.2 Å². The third-order valence-electron chi connectivity index (χ3n) is 2.80. The molecule has 0 aliphatic rings. The minimum atomic E-state index is -3.75. The first-order valence-corrected chi connectivity index (χ1v) is 8.81. The molecule has 0 saturated carbocycles. The number of carbonyl (C=O) groups is 1. The van der Waals surface area contributed by atoms with Gasteiger partial charge in [0.15, 0.2) is 0 Å². The van der Waals surface area contributed by atoms with Gasteiger partial charge < -0.3 is 11.1 Å². The summed E-state index contributed by atoms with van der Waals surface area (Å²) in [6.45, 7) is 4.16. The van der Waals surface area contributed by atoms with Crippen molar-refractivity contribution >= 4 is 31.9 Å². The second kappa shape index (κ2) is 7.88. The zero-order chi connectivity index (χ0) is 16.0. The number of benzene rings is 1. The van der Waals surface area contributed by atoms with Crippen LogP contribution < -0.4 is 15.8 Å². The minimum absolute atomic E-state index is 0.114. The second-order valence-electron chi connectivity index (χ2n) is 4.88. The molecule has 6 nitrogen and oxygen atoms in total. The summed E-state index contributed by atoms with van der Waals surface area (Å²) < 4.78 is 27.8. The molecule has 4 N–H and O–H groups in total. The SMILES string of the molecule is CC(C)C(NS(=O)(=O)c1ccc(Br)cc1)C(=O)NCCN. The minimum Gasteiger partial charge on any atom is -0.353 e. The van der Waals surface area contributed by atoms with E-state index in [-0.39, 0.29) is 16.7 Å². The fraction of sp³-hybridized carbons (Fsp3) is 0.462. The smallest absolute Gasteiger partial charge is 0.241 e. The van der Waals surface area contributed by atoms with Crippen LogP contribution in [0.2, 0.25) is 0 Å². The maximum absolute atomic E-state index is 12.3. The van der Waals surface area contributed by atoms with Gasteiger partial charge in [-0.2, -0.15) is 4.72 Å². The normalized spacial score (nSPS) is 13.2. The summed E-state index contributed by atoms with van der Waals surface area (Å²) in [6, 6.07) is 5.37. The number of sulfonamides is 1. The van der Waals surface area contributed by atoms with Crippen LogP contribution in [0.5, 0.6) is 0 Å². The van der Waals surface area contributed by atoms with Gasteiger partial charge in [-0.3, -0.25) is 4.79 Å². The first-order valence-electron chi connectivity index (χ1n) is 6.53. The van der Waals surface area contributed by atoms with Gasteiger partial charge in [0.1, 0.15) is 6.04 Å². The first kappa shape index (κ1) is 18.1. The lowest BCUT2D eigenvalue weighted by atomic mass is 10.1. The number of halogens is 1. The Hall–Kier alpha value is -0.960. The first-order chi connectivity index (χ1) is 9.77. The van der Waals surface area contributed by atoms with E-state index >= 15 is 0 Å². The van der Waals surface area contributed by atoms with E-state index in [4.69, 9.17) is 5.73 Å². The molecule has 0 heterocycles. The van der Waals surface area contributed by atoms with Crippen LogP contribution >= 0.6 is 15.9 Å². The van der Waals surface area contributed by atoms with E-state index < -0.39 is 16.1 Å². The Morgan fingerprint density at radius 3 is 2.33 bits per heavy atom. The molecule has 21 heavy (non-hydrogen) atoms. The van der Waals surface area contributed by atoms with Gasteiger partial charge in [-0.1, -0.05) is 29.8 Å². The fourth-order valence-corrected chi connectivity index (χ4v) is 3.25. The number of hydrogen-bond donors (Lipinski definition) is 3. The van der Waals surface area contributed by atoms with Crippen LogP contribution in [0.25, 0.3) is 0 Å². The number of amides is 1. The highest BCUT2D eigenvalue weighted by atomic mass is 79.9. The predicted molar refractivity (Wildman–Crippen MR) is 85.2 cm³/mol. The lowest BCUT2D eigenvalue weighted by Gasteiger charge is -2.21. The molecule has 1 atom stereocenters. The highest BCUT2D eigenvalue weighted by molar-refractivity contribution is 9.10. The highest BCUT2D eigenvalue weighted by Gasteiger charge is 2.27. The van der Waals surface area contributed by atoms with E-state index in [1.165, 1.54) is 12.1 Å². The molecule has 118 valence electrons. The molecule has 0 aliphatic carbocycles. The van der Waals surface area contributed by atoms with Crippen LogP contribution in [0.15, 0.2) is 33.6 Å². The van der Waals surface area contributed by atoms with Crippen LogP contribution in [-0.4, -0.2) is 33.5 Å². The zero-order valence-corrected chi connectivity index (χ0v) is 14.4. The van der Waals surface area contributed by atoms with Gasteiger partial charge in [0.25, 0.3) is 0 Å². The Balaban J connectivity index is 2.92. The largest absolute Gasteiger partial charge is 0.353 e. The number of nitrogens with two attached hydrogens (primary N) is 1. The Morgan fingerprint density at radius 1 is 1.29 bits per heavy atom. The molecule has 0 aliphatic heterocycles. The average molecular weight is 378 g/mol. The molecule has 0 bridgehead atoms. The van der Waals surface area contributed by atoms with Crippen molar-refractivity contribution in [2.24, 2.45) is 11.7 Å². The third-order valence-corrected chi connectivity index (χ3v) is 4.78. The number of carbonyl (C=O) groups excluding carboxylic acids is 1.